The summed E-state index contributed by atoms with van der Waals surface area (Å²) in [7, 11) is 4.30. The van der Waals surface area contributed by atoms with Gasteiger partial charge in [-0.1, -0.05) is 0 Å². The fourth-order valence-electron chi connectivity index (χ4n) is 2.48. The maximum Gasteiger partial charge on any atom is 0.00914 e. The molecular formula is C14H31N3. The lowest BCUT2D eigenvalue weighted by atomic mass is 10.0. The maximum absolute atomic E-state index is 3.71. The standard InChI is InChI=1S/C14H31N3/c1-13(2)17-11-7-14(8-12-17)15-9-5-6-10-16(3)4/h13-15H,5-12H2,1-4H3. The molecule has 0 aromatic carbocycles. The van der Waals surface area contributed by atoms with E-state index in [1.807, 2.05) is 0 Å². The molecule has 0 atom stereocenters. The van der Waals surface area contributed by atoms with Gasteiger partial charge in [0.05, 0.1) is 0 Å². The molecule has 0 aromatic rings. The zero-order valence-electron chi connectivity index (χ0n) is 12.2. The summed E-state index contributed by atoms with van der Waals surface area (Å²) in [5, 5.41) is 3.71. The molecule has 1 aliphatic heterocycles. The molecule has 1 aliphatic rings. The Morgan fingerprint density at radius 1 is 1.18 bits per heavy atom. The highest BCUT2D eigenvalue weighted by molar-refractivity contribution is 4.78. The Morgan fingerprint density at radius 2 is 1.82 bits per heavy atom. The molecule has 0 spiro atoms. The first-order chi connectivity index (χ1) is 8.09. The molecule has 0 aromatic heterocycles. The second-order valence-electron chi connectivity index (χ2n) is 5.87. The van der Waals surface area contributed by atoms with Crippen molar-refractivity contribution in [3.8, 4) is 0 Å². The molecule has 1 N–H and O–H groups in total. The lowest BCUT2D eigenvalue weighted by Gasteiger charge is -2.35. The van der Waals surface area contributed by atoms with Crippen LogP contribution in [0.5, 0.6) is 0 Å². The van der Waals surface area contributed by atoms with Gasteiger partial charge in [-0.2, -0.15) is 0 Å². The third-order valence-electron chi connectivity index (χ3n) is 3.72. The van der Waals surface area contributed by atoms with Crippen molar-refractivity contribution in [1.82, 2.24) is 15.1 Å². The van der Waals surface area contributed by atoms with Gasteiger partial charge in [-0.3, -0.25) is 0 Å². The van der Waals surface area contributed by atoms with Crippen LogP contribution in [0.2, 0.25) is 0 Å². The van der Waals surface area contributed by atoms with E-state index in [-0.39, 0.29) is 0 Å². The van der Waals surface area contributed by atoms with Crippen molar-refractivity contribution in [2.45, 2.75) is 51.6 Å². The Hall–Kier alpha value is -0.120. The number of nitrogens with zero attached hydrogens (tertiary/aromatic N) is 2. The Morgan fingerprint density at radius 3 is 2.35 bits per heavy atom. The van der Waals surface area contributed by atoms with Gasteiger partial charge in [0, 0.05) is 12.1 Å². The van der Waals surface area contributed by atoms with Gasteiger partial charge in [0.1, 0.15) is 0 Å². The first-order valence-electron chi connectivity index (χ1n) is 7.21. The van der Waals surface area contributed by atoms with Crippen molar-refractivity contribution >= 4 is 0 Å². The molecule has 102 valence electrons. The largest absolute Gasteiger partial charge is 0.314 e. The Kier molecular flexibility index (Phi) is 7.09. The Labute approximate surface area is 108 Å². The van der Waals surface area contributed by atoms with Crippen LogP contribution >= 0.6 is 0 Å². The lowest BCUT2D eigenvalue weighted by molar-refractivity contribution is 0.161. The monoisotopic (exact) mass is 241 g/mol. The first kappa shape index (κ1) is 14.9. The quantitative estimate of drug-likeness (QED) is 0.686. The van der Waals surface area contributed by atoms with Crippen molar-refractivity contribution in [3.05, 3.63) is 0 Å². The summed E-state index contributed by atoms with van der Waals surface area (Å²) in [6, 6.07) is 1.49. The van der Waals surface area contributed by atoms with Gasteiger partial charge >= 0.3 is 0 Å². The second-order valence-corrected chi connectivity index (χ2v) is 5.87. The van der Waals surface area contributed by atoms with Gasteiger partial charge < -0.3 is 15.1 Å². The predicted molar refractivity (Wildman–Crippen MR) is 75.5 cm³/mol. The highest BCUT2D eigenvalue weighted by atomic mass is 15.2. The SMILES string of the molecule is CC(C)N1CCC(NCCCCN(C)C)CC1. The highest BCUT2D eigenvalue weighted by Gasteiger charge is 2.19. The molecule has 3 nitrogen and oxygen atoms in total. The summed E-state index contributed by atoms with van der Waals surface area (Å²) in [6.45, 7) is 9.55. The van der Waals surface area contributed by atoms with E-state index in [4.69, 9.17) is 0 Å². The number of likely N-dealkylation sites (tertiary alicyclic amines) is 1. The normalized spacial score (nSPS) is 19.4. The average molecular weight is 241 g/mol. The van der Waals surface area contributed by atoms with E-state index < -0.39 is 0 Å². The van der Waals surface area contributed by atoms with Crippen LogP contribution in [0, 0.1) is 0 Å². The van der Waals surface area contributed by atoms with E-state index >= 15 is 0 Å². The third kappa shape index (κ3) is 6.39. The molecular weight excluding hydrogens is 210 g/mol. The van der Waals surface area contributed by atoms with E-state index in [2.05, 4.69) is 43.1 Å². The summed E-state index contributed by atoms with van der Waals surface area (Å²) in [4.78, 5) is 4.85. The molecule has 0 aliphatic carbocycles. The van der Waals surface area contributed by atoms with Crippen LogP contribution in [0.1, 0.15) is 39.5 Å². The summed E-state index contributed by atoms with van der Waals surface area (Å²) < 4.78 is 0. The zero-order valence-corrected chi connectivity index (χ0v) is 12.2. The van der Waals surface area contributed by atoms with Crippen LogP contribution in [0.4, 0.5) is 0 Å². The van der Waals surface area contributed by atoms with E-state index in [0.717, 1.165) is 12.1 Å². The van der Waals surface area contributed by atoms with Gasteiger partial charge in [-0.15, -0.1) is 0 Å². The Bertz CT molecular complexity index is 184. The molecule has 0 unspecified atom stereocenters. The van der Waals surface area contributed by atoms with Crippen LogP contribution < -0.4 is 5.32 Å². The molecule has 1 fully saturated rings. The molecule has 3 heteroatoms. The molecule has 17 heavy (non-hydrogen) atoms. The topological polar surface area (TPSA) is 18.5 Å². The minimum atomic E-state index is 0.719. The molecule has 0 bridgehead atoms. The van der Waals surface area contributed by atoms with Crippen molar-refractivity contribution < 1.29 is 0 Å². The number of hydrogen-bond donors (Lipinski definition) is 1. The highest BCUT2D eigenvalue weighted by Crippen LogP contribution is 2.12. The van der Waals surface area contributed by atoms with E-state index in [9.17, 15) is 0 Å². The molecule has 1 rings (SSSR count). The minimum Gasteiger partial charge on any atom is -0.314 e. The number of nitrogens with one attached hydrogen (secondary N) is 1. The minimum absolute atomic E-state index is 0.719. The third-order valence-corrected chi connectivity index (χ3v) is 3.72. The average Bonchev–Trinajstić information content (AvgIpc) is 2.29. The Balaban J connectivity index is 1.99. The summed E-state index contributed by atoms with van der Waals surface area (Å²) in [5.74, 6) is 0. The summed E-state index contributed by atoms with van der Waals surface area (Å²) in [5.41, 5.74) is 0. The molecule has 1 heterocycles. The van der Waals surface area contributed by atoms with Crippen molar-refractivity contribution in [2.75, 3.05) is 40.3 Å². The van der Waals surface area contributed by atoms with Gasteiger partial charge in [0.15, 0.2) is 0 Å². The van der Waals surface area contributed by atoms with E-state index in [1.54, 1.807) is 0 Å². The van der Waals surface area contributed by atoms with Crippen LogP contribution in [-0.2, 0) is 0 Å². The molecule has 1 saturated heterocycles. The molecule has 0 amide bonds. The molecule has 0 radical (unpaired) electrons. The summed E-state index contributed by atoms with van der Waals surface area (Å²) >= 11 is 0. The van der Waals surface area contributed by atoms with E-state index in [0.29, 0.717) is 0 Å². The predicted octanol–water partition coefficient (Wildman–Crippen LogP) is 1.79. The fraction of sp³-hybridized carbons (Fsp3) is 1.00. The van der Waals surface area contributed by atoms with Crippen LogP contribution in [0.3, 0.4) is 0 Å². The zero-order chi connectivity index (χ0) is 12.7. The smallest absolute Gasteiger partial charge is 0.00914 e. The van der Waals surface area contributed by atoms with Gasteiger partial charge in [0.2, 0.25) is 0 Å². The van der Waals surface area contributed by atoms with Crippen LogP contribution in [0.15, 0.2) is 0 Å². The lowest BCUT2D eigenvalue weighted by Crippen LogP contribution is -2.45. The fourth-order valence-corrected chi connectivity index (χ4v) is 2.48. The second kappa shape index (κ2) is 8.06. The first-order valence-corrected chi connectivity index (χ1v) is 7.21. The van der Waals surface area contributed by atoms with Gasteiger partial charge in [0.25, 0.3) is 0 Å². The molecule has 0 saturated carbocycles. The number of hydrogen-bond acceptors (Lipinski definition) is 3. The van der Waals surface area contributed by atoms with Crippen LogP contribution in [-0.4, -0.2) is 62.2 Å². The number of piperidine rings is 1. The van der Waals surface area contributed by atoms with Gasteiger partial charge in [-0.25, -0.2) is 0 Å². The maximum atomic E-state index is 3.71. The van der Waals surface area contributed by atoms with Gasteiger partial charge in [-0.05, 0) is 79.8 Å². The van der Waals surface area contributed by atoms with E-state index in [1.165, 1.54) is 51.9 Å². The number of rotatable bonds is 7. The van der Waals surface area contributed by atoms with Crippen molar-refractivity contribution in [3.63, 3.8) is 0 Å². The van der Waals surface area contributed by atoms with Crippen LogP contribution in [0.25, 0.3) is 0 Å². The summed E-state index contributed by atoms with van der Waals surface area (Å²) in [6.07, 6.45) is 5.27. The van der Waals surface area contributed by atoms with Crippen molar-refractivity contribution in [1.29, 1.82) is 0 Å². The number of unbranched alkanes of at least 4 members (excludes halogenated alkanes) is 1. The van der Waals surface area contributed by atoms with Crippen molar-refractivity contribution in [2.24, 2.45) is 0 Å².